The Bertz CT molecular complexity index is 377. The van der Waals surface area contributed by atoms with Crippen LogP contribution in [0.1, 0.15) is 38.2 Å². The molecule has 1 aliphatic rings. The predicted octanol–water partition coefficient (Wildman–Crippen LogP) is 3.38. The van der Waals surface area contributed by atoms with Gasteiger partial charge >= 0.3 is 0 Å². The van der Waals surface area contributed by atoms with Crippen LogP contribution in [-0.4, -0.2) is 26.4 Å². The van der Waals surface area contributed by atoms with E-state index in [4.69, 9.17) is 9.47 Å². The van der Waals surface area contributed by atoms with Crippen molar-refractivity contribution in [3.63, 3.8) is 0 Å². The summed E-state index contributed by atoms with van der Waals surface area (Å²) in [6.07, 6.45) is 5.18. The summed E-state index contributed by atoms with van der Waals surface area (Å²) < 4.78 is 11.3. The average molecular weight is 277 g/mol. The minimum atomic E-state index is 0.635. The van der Waals surface area contributed by atoms with E-state index in [1.54, 1.807) is 0 Å². The molecule has 0 atom stereocenters. The molecule has 0 spiro atoms. The van der Waals surface area contributed by atoms with Crippen LogP contribution in [0.4, 0.5) is 0 Å². The van der Waals surface area contributed by atoms with E-state index in [0.29, 0.717) is 13.2 Å². The molecule has 2 rings (SSSR count). The second-order valence-corrected chi connectivity index (χ2v) is 5.52. The van der Waals surface area contributed by atoms with Gasteiger partial charge in [0, 0.05) is 13.2 Å². The molecule has 0 bridgehead atoms. The van der Waals surface area contributed by atoms with E-state index in [-0.39, 0.29) is 0 Å². The van der Waals surface area contributed by atoms with Crippen LogP contribution in [0.5, 0.6) is 5.75 Å². The van der Waals surface area contributed by atoms with Crippen LogP contribution in [0.3, 0.4) is 0 Å². The summed E-state index contributed by atoms with van der Waals surface area (Å²) in [5.74, 6) is 1.88. The summed E-state index contributed by atoms with van der Waals surface area (Å²) in [6, 6.07) is 8.29. The molecule has 0 unspecified atom stereocenters. The molecule has 1 aromatic rings. The van der Waals surface area contributed by atoms with Crippen molar-refractivity contribution in [2.45, 2.75) is 39.2 Å². The highest BCUT2D eigenvalue weighted by Gasteiger charge is 2.20. The van der Waals surface area contributed by atoms with Gasteiger partial charge < -0.3 is 14.8 Å². The van der Waals surface area contributed by atoms with Gasteiger partial charge in [-0.15, -0.1) is 0 Å². The van der Waals surface area contributed by atoms with Crippen molar-refractivity contribution in [1.29, 1.82) is 0 Å². The standard InChI is InChI=1S/C17H27NO2/c1-2-9-18-14-16-4-3-5-17(13-16)20-12-11-19-10-8-15-6-7-15/h3-5,13,15,18H,2,6-12,14H2,1H3. The van der Waals surface area contributed by atoms with Gasteiger partial charge in [0.2, 0.25) is 0 Å². The van der Waals surface area contributed by atoms with Crippen LogP contribution in [0.2, 0.25) is 0 Å². The van der Waals surface area contributed by atoms with E-state index in [1.807, 2.05) is 12.1 Å². The van der Waals surface area contributed by atoms with Gasteiger partial charge in [0.25, 0.3) is 0 Å². The summed E-state index contributed by atoms with van der Waals surface area (Å²) >= 11 is 0. The molecule has 112 valence electrons. The Morgan fingerprint density at radius 3 is 2.90 bits per heavy atom. The van der Waals surface area contributed by atoms with Crippen molar-refractivity contribution < 1.29 is 9.47 Å². The lowest BCUT2D eigenvalue weighted by molar-refractivity contribution is 0.0958. The first kappa shape index (κ1) is 15.3. The Morgan fingerprint density at radius 2 is 2.10 bits per heavy atom. The van der Waals surface area contributed by atoms with Gasteiger partial charge in [-0.1, -0.05) is 31.9 Å². The van der Waals surface area contributed by atoms with Crippen molar-refractivity contribution in [2.24, 2.45) is 5.92 Å². The largest absolute Gasteiger partial charge is 0.491 e. The second kappa shape index (κ2) is 8.98. The molecule has 0 amide bonds. The summed E-state index contributed by atoms with van der Waals surface area (Å²) in [7, 11) is 0. The highest BCUT2D eigenvalue weighted by molar-refractivity contribution is 5.28. The number of ether oxygens (including phenoxy) is 2. The molecule has 3 nitrogen and oxygen atoms in total. The summed E-state index contributed by atoms with van der Waals surface area (Å²) in [6.45, 7) is 6.34. The highest BCUT2D eigenvalue weighted by Crippen LogP contribution is 2.32. The normalized spacial score (nSPS) is 14.4. The zero-order valence-electron chi connectivity index (χ0n) is 12.6. The molecule has 0 aliphatic heterocycles. The second-order valence-electron chi connectivity index (χ2n) is 5.52. The molecule has 20 heavy (non-hydrogen) atoms. The molecule has 1 N–H and O–H groups in total. The lowest BCUT2D eigenvalue weighted by Gasteiger charge is -2.09. The lowest BCUT2D eigenvalue weighted by atomic mass is 10.2. The smallest absolute Gasteiger partial charge is 0.119 e. The van der Waals surface area contributed by atoms with Crippen molar-refractivity contribution in [2.75, 3.05) is 26.4 Å². The topological polar surface area (TPSA) is 30.5 Å². The number of rotatable bonds is 11. The zero-order chi connectivity index (χ0) is 14.0. The van der Waals surface area contributed by atoms with E-state index in [9.17, 15) is 0 Å². The molecule has 1 saturated carbocycles. The van der Waals surface area contributed by atoms with Crippen LogP contribution in [-0.2, 0) is 11.3 Å². The summed E-state index contributed by atoms with van der Waals surface area (Å²) in [5, 5.41) is 3.40. The molecular formula is C17H27NO2. The average Bonchev–Trinajstić information content (AvgIpc) is 3.28. The third-order valence-corrected chi connectivity index (χ3v) is 3.52. The molecule has 1 aliphatic carbocycles. The number of hydrogen-bond donors (Lipinski definition) is 1. The minimum Gasteiger partial charge on any atom is -0.491 e. The molecule has 0 radical (unpaired) electrons. The van der Waals surface area contributed by atoms with Gasteiger partial charge in [-0.2, -0.15) is 0 Å². The van der Waals surface area contributed by atoms with Gasteiger partial charge in [-0.3, -0.25) is 0 Å². The van der Waals surface area contributed by atoms with Gasteiger partial charge in [-0.05, 0) is 43.0 Å². The van der Waals surface area contributed by atoms with Gasteiger partial charge in [0.05, 0.1) is 6.61 Å². The van der Waals surface area contributed by atoms with Crippen LogP contribution in [0.25, 0.3) is 0 Å². The monoisotopic (exact) mass is 277 g/mol. The Kier molecular flexibility index (Phi) is 6.89. The maximum atomic E-state index is 5.72. The Labute approximate surface area is 122 Å². The number of benzene rings is 1. The molecule has 3 heteroatoms. The van der Waals surface area contributed by atoms with Crippen molar-refractivity contribution in [1.82, 2.24) is 5.32 Å². The maximum absolute atomic E-state index is 5.72. The fraction of sp³-hybridized carbons (Fsp3) is 0.647. The highest BCUT2D eigenvalue weighted by atomic mass is 16.5. The first-order valence-electron chi connectivity index (χ1n) is 7.88. The van der Waals surface area contributed by atoms with E-state index in [1.165, 1.54) is 24.8 Å². The van der Waals surface area contributed by atoms with E-state index in [0.717, 1.165) is 37.8 Å². The van der Waals surface area contributed by atoms with Crippen molar-refractivity contribution in [3.05, 3.63) is 29.8 Å². The molecule has 1 aromatic carbocycles. The van der Waals surface area contributed by atoms with E-state index in [2.05, 4.69) is 24.4 Å². The molecular weight excluding hydrogens is 250 g/mol. The maximum Gasteiger partial charge on any atom is 0.119 e. The van der Waals surface area contributed by atoms with Crippen LogP contribution >= 0.6 is 0 Å². The van der Waals surface area contributed by atoms with E-state index >= 15 is 0 Å². The molecule has 1 fully saturated rings. The van der Waals surface area contributed by atoms with Gasteiger partial charge in [0.15, 0.2) is 0 Å². The molecule has 0 aromatic heterocycles. The SMILES string of the molecule is CCCNCc1cccc(OCCOCCC2CC2)c1. The third-order valence-electron chi connectivity index (χ3n) is 3.52. The fourth-order valence-corrected chi connectivity index (χ4v) is 2.13. The van der Waals surface area contributed by atoms with Crippen molar-refractivity contribution >= 4 is 0 Å². The molecule has 0 heterocycles. The Balaban J connectivity index is 1.57. The van der Waals surface area contributed by atoms with Crippen molar-refractivity contribution in [3.8, 4) is 5.75 Å². The molecule has 0 saturated heterocycles. The number of nitrogens with one attached hydrogen (secondary N) is 1. The van der Waals surface area contributed by atoms with Crippen LogP contribution in [0.15, 0.2) is 24.3 Å². The fourth-order valence-electron chi connectivity index (χ4n) is 2.13. The van der Waals surface area contributed by atoms with E-state index < -0.39 is 0 Å². The van der Waals surface area contributed by atoms with Gasteiger partial charge in [0.1, 0.15) is 12.4 Å². The summed E-state index contributed by atoms with van der Waals surface area (Å²) in [4.78, 5) is 0. The minimum absolute atomic E-state index is 0.635. The quantitative estimate of drug-likeness (QED) is 0.629. The van der Waals surface area contributed by atoms with Crippen LogP contribution in [0, 0.1) is 5.92 Å². The Hall–Kier alpha value is -1.06. The zero-order valence-corrected chi connectivity index (χ0v) is 12.6. The van der Waals surface area contributed by atoms with Crippen LogP contribution < -0.4 is 10.1 Å². The first-order chi connectivity index (χ1) is 9.88. The predicted molar refractivity (Wildman–Crippen MR) is 82.1 cm³/mol. The lowest BCUT2D eigenvalue weighted by Crippen LogP contribution is -2.14. The third kappa shape index (κ3) is 6.40. The number of hydrogen-bond acceptors (Lipinski definition) is 3. The first-order valence-corrected chi connectivity index (χ1v) is 7.88. The summed E-state index contributed by atoms with van der Waals surface area (Å²) in [5.41, 5.74) is 1.27. The Morgan fingerprint density at radius 1 is 1.20 bits per heavy atom. The van der Waals surface area contributed by atoms with Gasteiger partial charge in [-0.25, -0.2) is 0 Å².